The second kappa shape index (κ2) is 7.05. The smallest absolute Gasteiger partial charge is 0.209 e. The van der Waals surface area contributed by atoms with E-state index in [-0.39, 0.29) is 0 Å². The Balaban J connectivity index is 1.61. The molecule has 4 rings (SSSR count). The van der Waals surface area contributed by atoms with Crippen LogP contribution in [0.1, 0.15) is 11.1 Å². The molecule has 8 heteroatoms. The van der Waals surface area contributed by atoms with Gasteiger partial charge < -0.3 is 0 Å². The number of tetrazole rings is 1. The van der Waals surface area contributed by atoms with E-state index in [0.29, 0.717) is 17.4 Å². The first-order chi connectivity index (χ1) is 12.6. The van der Waals surface area contributed by atoms with Crippen molar-refractivity contribution in [2.45, 2.75) is 18.5 Å². The van der Waals surface area contributed by atoms with E-state index >= 15 is 0 Å². The van der Waals surface area contributed by atoms with Crippen molar-refractivity contribution in [1.82, 2.24) is 30.0 Å². The monoisotopic (exact) mass is 426 g/mol. The molecular weight excluding hydrogens is 412 g/mol. The summed E-state index contributed by atoms with van der Waals surface area (Å²) in [6.07, 6.45) is 1.71. The largest absolute Gasteiger partial charge is 0.227 e. The van der Waals surface area contributed by atoms with Crippen LogP contribution in [-0.2, 0) is 6.54 Å². The van der Waals surface area contributed by atoms with Crippen LogP contribution in [0.15, 0.2) is 64.2 Å². The normalized spacial score (nSPS) is 11.0. The van der Waals surface area contributed by atoms with Crippen LogP contribution in [0, 0.1) is 6.92 Å². The zero-order valence-electron chi connectivity index (χ0n) is 13.9. The molecule has 0 unspecified atom stereocenters. The minimum absolute atomic E-state index is 0.506. The quantitative estimate of drug-likeness (QED) is 0.502. The topological polar surface area (TPSA) is 61.4 Å². The summed E-state index contributed by atoms with van der Waals surface area (Å²) in [6, 6.07) is 16.1. The zero-order chi connectivity index (χ0) is 18.1. The molecule has 0 saturated carbocycles. The molecule has 4 aromatic rings. The van der Waals surface area contributed by atoms with E-state index in [1.165, 1.54) is 5.56 Å². The summed E-state index contributed by atoms with van der Waals surface area (Å²) in [6.45, 7) is 2.63. The zero-order valence-corrected chi connectivity index (χ0v) is 16.4. The fourth-order valence-electron chi connectivity index (χ4n) is 2.66. The maximum absolute atomic E-state index is 4.60. The van der Waals surface area contributed by atoms with Gasteiger partial charge in [0.25, 0.3) is 0 Å². The highest BCUT2D eigenvalue weighted by atomic mass is 79.9. The molecule has 6 nitrogen and oxygen atoms in total. The molecule has 2 aromatic carbocycles. The lowest BCUT2D eigenvalue weighted by Gasteiger charge is -2.04. The van der Waals surface area contributed by atoms with Crippen molar-refractivity contribution in [2.24, 2.45) is 0 Å². The van der Waals surface area contributed by atoms with Crippen molar-refractivity contribution in [3.05, 3.63) is 70.3 Å². The van der Waals surface area contributed by atoms with Crippen LogP contribution < -0.4 is 0 Å². The predicted octanol–water partition coefficient (Wildman–Crippen LogP) is 3.93. The second-order valence-corrected chi connectivity index (χ2v) is 7.24. The minimum Gasteiger partial charge on any atom is -0.227 e. The summed E-state index contributed by atoms with van der Waals surface area (Å²) >= 11 is 8.04. The third kappa shape index (κ3) is 3.42. The molecule has 0 aliphatic heterocycles. The first kappa shape index (κ1) is 17.0. The highest BCUT2D eigenvalue weighted by molar-refractivity contribution is 9.10. The van der Waals surface area contributed by atoms with E-state index < -0.39 is 0 Å². The van der Waals surface area contributed by atoms with Gasteiger partial charge in [-0.05, 0) is 42.0 Å². The van der Waals surface area contributed by atoms with Crippen molar-refractivity contribution in [2.75, 3.05) is 0 Å². The third-order valence-corrected chi connectivity index (χ3v) is 4.87. The first-order valence-corrected chi connectivity index (χ1v) is 9.21. The van der Waals surface area contributed by atoms with Gasteiger partial charge in [-0.2, -0.15) is 9.90 Å². The summed E-state index contributed by atoms with van der Waals surface area (Å²) in [5.41, 5.74) is 3.99. The van der Waals surface area contributed by atoms with Crippen LogP contribution in [0.4, 0.5) is 0 Å². The number of halogens is 1. The molecule has 0 radical (unpaired) electrons. The molecule has 0 N–H and O–H groups in total. The number of aromatic nitrogens is 6. The Hall–Kier alpha value is -2.45. The molecule has 0 amide bonds. The maximum Gasteiger partial charge on any atom is 0.209 e. The van der Waals surface area contributed by atoms with Gasteiger partial charge in [0, 0.05) is 4.47 Å². The van der Waals surface area contributed by atoms with Crippen LogP contribution in [0.25, 0.3) is 17.1 Å². The average Bonchev–Trinajstić information content (AvgIpc) is 3.22. The van der Waals surface area contributed by atoms with Gasteiger partial charge in [0.2, 0.25) is 5.82 Å². The molecule has 26 heavy (non-hydrogen) atoms. The number of nitrogens with zero attached hydrogens (tertiary/aromatic N) is 6. The van der Waals surface area contributed by atoms with Crippen molar-refractivity contribution in [3.8, 4) is 17.1 Å². The Labute approximate surface area is 164 Å². The van der Waals surface area contributed by atoms with Gasteiger partial charge in [-0.1, -0.05) is 45.8 Å². The SMILES string of the molecule is Cc1cccc(Cn2nnc(-c3cnn(-c4ccc(Br)cc4)c3S)n2)c1. The Kier molecular flexibility index (Phi) is 4.60. The lowest BCUT2D eigenvalue weighted by atomic mass is 10.1. The highest BCUT2D eigenvalue weighted by Gasteiger charge is 2.15. The molecule has 2 heterocycles. The van der Waals surface area contributed by atoms with Gasteiger partial charge in [-0.25, -0.2) is 4.68 Å². The summed E-state index contributed by atoms with van der Waals surface area (Å²) in [7, 11) is 0. The van der Waals surface area contributed by atoms with E-state index in [4.69, 9.17) is 0 Å². The number of thiol groups is 1. The number of hydrogen-bond donors (Lipinski definition) is 1. The Morgan fingerprint density at radius 1 is 1.12 bits per heavy atom. The van der Waals surface area contributed by atoms with E-state index in [0.717, 1.165) is 21.3 Å². The van der Waals surface area contributed by atoms with Crippen molar-refractivity contribution >= 4 is 28.6 Å². The predicted molar refractivity (Wildman–Crippen MR) is 106 cm³/mol. The number of hydrogen-bond acceptors (Lipinski definition) is 5. The third-order valence-electron chi connectivity index (χ3n) is 3.92. The van der Waals surface area contributed by atoms with Crippen LogP contribution in [0.2, 0.25) is 0 Å². The summed E-state index contributed by atoms with van der Waals surface area (Å²) in [4.78, 5) is 1.58. The Morgan fingerprint density at radius 2 is 1.92 bits per heavy atom. The van der Waals surface area contributed by atoms with Gasteiger partial charge in [0.15, 0.2) is 0 Å². The summed E-state index contributed by atoms with van der Waals surface area (Å²) < 4.78 is 2.75. The molecule has 0 atom stereocenters. The van der Waals surface area contributed by atoms with Gasteiger partial charge >= 0.3 is 0 Å². The number of aryl methyl sites for hydroxylation is 1. The minimum atomic E-state index is 0.506. The average molecular weight is 427 g/mol. The fraction of sp³-hybridized carbons (Fsp3) is 0.111. The molecule has 0 aliphatic rings. The molecule has 130 valence electrons. The van der Waals surface area contributed by atoms with E-state index in [9.17, 15) is 0 Å². The number of rotatable bonds is 4. The maximum atomic E-state index is 4.60. The lowest BCUT2D eigenvalue weighted by molar-refractivity contribution is 0.572. The summed E-state index contributed by atoms with van der Waals surface area (Å²) in [5.74, 6) is 0.506. The lowest BCUT2D eigenvalue weighted by Crippen LogP contribution is -2.04. The summed E-state index contributed by atoms with van der Waals surface area (Å²) in [5, 5.41) is 17.9. The van der Waals surface area contributed by atoms with E-state index in [2.05, 4.69) is 68.1 Å². The Morgan fingerprint density at radius 3 is 2.69 bits per heavy atom. The molecule has 0 fully saturated rings. The van der Waals surface area contributed by atoms with Crippen LogP contribution >= 0.6 is 28.6 Å². The first-order valence-electron chi connectivity index (χ1n) is 7.97. The second-order valence-electron chi connectivity index (χ2n) is 5.90. The molecule has 0 saturated heterocycles. The highest BCUT2D eigenvalue weighted by Crippen LogP contribution is 2.26. The molecule has 0 bridgehead atoms. The molecule has 0 spiro atoms. The van der Waals surface area contributed by atoms with Gasteiger partial charge in [0.05, 0.1) is 24.0 Å². The van der Waals surface area contributed by atoms with Gasteiger partial charge in [0.1, 0.15) is 5.03 Å². The van der Waals surface area contributed by atoms with Crippen LogP contribution in [-0.4, -0.2) is 30.0 Å². The molecular formula is C18H15BrN6S. The van der Waals surface area contributed by atoms with Gasteiger partial charge in [-0.3, -0.25) is 0 Å². The van der Waals surface area contributed by atoms with Crippen molar-refractivity contribution in [1.29, 1.82) is 0 Å². The van der Waals surface area contributed by atoms with E-state index in [1.807, 2.05) is 36.4 Å². The molecule has 2 aromatic heterocycles. The number of benzene rings is 2. The Bertz CT molecular complexity index is 1050. The van der Waals surface area contributed by atoms with Crippen LogP contribution in [0.5, 0.6) is 0 Å². The molecule has 0 aliphatic carbocycles. The van der Waals surface area contributed by atoms with Crippen molar-refractivity contribution < 1.29 is 0 Å². The standard InChI is InChI=1S/C18H15BrN6S/c1-12-3-2-4-13(9-12)11-24-22-17(21-23-24)16-10-20-25(18(16)26)15-7-5-14(19)6-8-15/h2-10,26H,11H2,1H3. The van der Waals surface area contributed by atoms with Crippen LogP contribution in [0.3, 0.4) is 0 Å². The van der Waals surface area contributed by atoms with Crippen molar-refractivity contribution in [3.63, 3.8) is 0 Å². The van der Waals surface area contributed by atoms with E-state index in [1.54, 1.807) is 15.7 Å². The van der Waals surface area contributed by atoms with Gasteiger partial charge in [-0.15, -0.1) is 22.8 Å². The fourth-order valence-corrected chi connectivity index (χ4v) is 3.25.